The third-order valence-electron chi connectivity index (χ3n) is 4.84. The van der Waals surface area contributed by atoms with Gasteiger partial charge in [0.1, 0.15) is 0 Å². The van der Waals surface area contributed by atoms with Crippen LogP contribution in [0, 0.1) is 5.41 Å². The van der Waals surface area contributed by atoms with E-state index in [-0.39, 0.29) is 23.8 Å². The lowest BCUT2D eigenvalue weighted by molar-refractivity contribution is -0.134. The number of nitrogens with zero attached hydrogens (tertiary/aromatic N) is 1. The van der Waals surface area contributed by atoms with Gasteiger partial charge in [0.15, 0.2) is 0 Å². The van der Waals surface area contributed by atoms with E-state index in [1.807, 2.05) is 0 Å². The highest BCUT2D eigenvalue weighted by molar-refractivity contribution is 6.17. The first-order chi connectivity index (χ1) is 10.1. The monoisotopic (exact) mass is 287 g/mol. The average molecular weight is 287 g/mol. The van der Waals surface area contributed by atoms with Gasteiger partial charge in [-0.15, -0.1) is 0 Å². The second-order valence-electron chi connectivity index (χ2n) is 6.36. The summed E-state index contributed by atoms with van der Waals surface area (Å²) in [6.07, 6.45) is 6.46. The molecule has 1 saturated heterocycles. The Morgan fingerprint density at radius 3 is 2.05 bits per heavy atom. The van der Waals surface area contributed by atoms with E-state index in [9.17, 15) is 9.59 Å². The second kappa shape index (κ2) is 5.60. The van der Waals surface area contributed by atoms with Crippen LogP contribution in [0.2, 0.25) is 0 Å². The Morgan fingerprint density at radius 1 is 0.952 bits per heavy atom. The molecule has 0 bridgehead atoms. The van der Waals surface area contributed by atoms with Crippen molar-refractivity contribution in [2.24, 2.45) is 5.41 Å². The summed E-state index contributed by atoms with van der Waals surface area (Å²) < 4.78 is 0. The number of piperidine rings is 1. The number of benzene rings is 1. The minimum absolute atomic E-state index is 0.0364. The van der Waals surface area contributed by atoms with Gasteiger partial charge in [-0.1, -0.05) is 31.4 Å². The first kappa shape index (κ1) is 14.3. The molecule has 1 N–H and O–H groups in total. The Hall–Kier alpha value is -1.68. The fourth-order valence-electron chi connectivity index (χ4n) is 3.70. The number of carbonyl (C=O) groups excluding carboxylic acids is 2. The number of carbonyl (C=O) groups is 2. The zero-order valence-corrected chi connectivity index (χ0v) is 12.2. The van der Waals surface area contributed by atoms with Gasteiger partial charge in [0, 0.05) is 12.8 Å². The van der Waals surface area contributed by atoms with E-state index in [0.29, 0.717) is 18.5 Å². The van der Waals surface area contributed by atoms with E-state index in [4.69, 9.17) is 5.11 Å². The first-order valence-corrected chi connectivity index (χ1v) is 7.69. The molecular formula is C17H21NO3. The Bertz CT molecular complexity index is 524. The van der Waals surface area contributed by atoms with Crippen LogP contribution in [0.15, 0.2) is 24.3 Å². The predicted molar refractivity (Wildman–Crippen MR) is 79.6 cm³/mol. The molecule has 1 spiro atoms. The number of aliphatic hydroxyl groups excluding tert-OH is 1. The van der Waals surface area contributed by atoms with E-state index in [0.717, 1.165) is 31.2 Å². The molecule has 2 aliphatic rings. The minimum Gasteiger partial charge on any atom is -0.392 e. The van der Waals surface area contributed by atoms with E-state index < -0.39 is 0 Å². The van der Waals surface area contributed by atoms with E-state index >= 15 is 0 Å². The lowest BCUT2D eigenvalue weighted by atomic mass is 9.67. The quantitative estimate of drug-likeness (QED) is 0.851. The fraction of sp³-hybridized carbons (Fsp3) is 0.529. The Balaban J connectivity index is 1.81. The standard InChI is InChI=1S/C17H21NO3/c19-12-13-4-6-14(7-5-13)18-15(20)10-17(11-16(18)21)8-2-1-3-9-17/h4-7,19H,1-3,8-12H2. The lowest BCUT2D eigenvalue weighted by Gasteiger charge is -2.42. The number of hydrogen-bond donors (Lipinski definition) is 1. The van der Waals surface area contributed by atoms with Gasteiger partial charge in [-0.25, -0.2) is 0 Å². The maximum absolute atomic E-state index is 12.5. The summed E-state index contributed by atoms with van der Waals surface area (Å²) in [5.41, 5.74) is 1.32. The molecule has 1 aromatic carbocycles. The topological polar surface area (TPSA) is 57.6 Å². The van der Waals surface area contributed by atoms with Crippen LogP contribution in [0.25, 0.3) is 0 Å². The average Bonchev–Trinajstić information content (AvgIpc) is 2.48. The number of imide groups is 1. The zero-order chi connectivity index (χ0) is 14.9. The molecule has 1 aromatic rings. The maximum atomic E-state index is 12.5. The molecule has 0 atom stereocenters. The molecule has 21 heavy (non-hydrogen) atoms. The van der Waals surface area contributed by atoms with E-state index in [1.54, 1.807) is 24.3 Å². The minimum atomic E-state index is -0.0788. The molecule has 112 valence electrons. The Morgan fingerprint density at radius 2 is 1.52 bits per heavy atom. The molecule has 2 fully saturated rings. The molecule has 1 aliphatic heterocycles. The molecule has 0 aromatic heterocycles. The second-order valence-corrected chi connectivity index (χ2v) is 6.36. The van der Waals surface area contributed by atoms with Gasteiger partial charge < -0.3 is 5.11 Å². The van der Waals surface area contributed by atoms with Crippen LogP contribution < -0.4 is 4.90 Å². The summed E-state index contributed by atoms with van der Waals surface area (Å²) >= 11 is 0. The van der Waals surface area contributed by atoms with Crippen molar-refractivity contribution in [3.05, 3.63) is 29.8 Å². The number of anilines is 1. The van der Waals surface area contributed by atoms with Crippen molar-refractivity contribution >= 4 is 17.5 Å². The summed E-state index contributed by atoms with van der Waals surface area (Å²) in [4.78, 5) is 26.3. The summed E-state index contributed by atoms with van der Waals surface area (Å²) in [6.45, 7) is -0.0364. The first-order valence-electron chi connectivity index (χ1n) is 7.69. The molecule has 4 heteroatoms. The van der Waals surface area contributed by atoms with Gasteiger partial charge in [-0.2, -0.15) is 0 Å². The van der Waals surface area contributed by atoms with Gasteiger partial charge in [-0.3, -0.25) is 14.5 Å². The smallest absolute Gasteiger partial charge is 0.234 e. The van der Waals surface area contributed by atoms with E-state index in [2.05, 4.69) is 0 Å². The van der Waals surface area contributed by atoms with Crippen LogP contribution in [0.4, 0.5) is 5.69 Å². The highest BCUT2D eigenvalue weighted by Crippen LogP contribution is 2.46. The van der Waals surface area contributed by atoms with E-state index in [1.165, 1.54) is 11.3 Å². The van der Waals surface area contributed by atoms with Crippen molar-refractivity contribution in [3.63, 3.8) is 0 Å². The van der Waals surface area contributed by atoms with Gasteiger partial charge in [0.25, 0.3) is 0 Å². The van der Waals surface area contributed by atoms with Crippen LogP contribution in [0.1, 0.15) is 50.5 Å². The van der Waals surface area contributed by atoms with Crippen molar-refractivity contribution in [3.8, 4) is 0 Å². The number of rotatable bonds is 2. The van der Waals surface area contributed by atoms with Crippen molar-refractivity contribution in [2.75, 3.05) is 4.90 Å². The molecule has 0 radical (unpaired) electrons. The van der Waals surface area contributed by atoms with Crippen LogP contribution in [0.5, 0.6) is 0 Å². The summed E-state index contributed by atoms with van der Waals surface area (Å²) in [5.74, 6) is -0.158. The molecule has 1 heterocycles. The Labute approximate surface area is 124 Å². The number of hydrogen-bond acceptors (Lipinski definition) is 3. The van der Waals surface area contributed by atoms with Crippen LogP contribution >= 0.6 is 0 Å². The van der Waals surface area contributed by atoms with Crippen molar-refractivity contribution < 1.29 is 14.7 Å². The fourth-order valence-corrected chi connectivity index (χ4v) is 3.70. The van der Waals surface area contributed by atoms with Crippen LogP contribution in [-0.2, 0) is 16.2 Å². The number of amides is 2. The van der Waals surface area contributed by atoms with Crippen molar-refractivity contribution in [2.45, 2.75) is 51.6 Å². The summed E-state index contributed by atoms with van der Waals surface area (Å²) in [7, 11) is 0. The lowest BCUT2D eigenvalue weighted by Crippen LogP contribution is -2.48. The molecule has 1 aliphatic carbocycles. The Kier molecular flexibility index (Phi) is 3.81. The summed E-state index contributed by atoms with van der Waals surface area (Å²) in [6, 6.07) is 6.97. The molecule has 3 rings (SSSR count). The van der Waals surface area contributed by atoms with Gasteiger partial charge in [-0.05, 0) is 36.0 Å². The molecule has 4 nitrogen and oxygen atoms in total. The van der Waals surface area contributed by atoms with Gasteiger partial charge >= 0.3 is 0 Å². The maximum Gasteiger partial charge on any atom is 0.234 e. The van der Waals surface area contributed by atoms with Crippen molar-refractivity contribution in [1.29, 1.82) is 0 Å². The van der Waals surface area contributed by atoms with Gasteiger partial charge in [0.05, 0.1) is 12.3 Å². The largest absolute Gasteiger partial charge is 0.392 e. The third-order valence-corrected chi connectivity index (χ3v) is 4.84. The molecule has 0 unspecified atom stereocenters. The van der Waals surface area contributed by atoms with Crippen LogP contribution in [-0.4, -0.2) is 16.9 Å². The number of aliphatic hydroxyl groups is 1. The molecule has 1 saturated carbocycles. The third kappa shape index (κ3) is 2.72. The van der Waals surface area contributed by atoms with Crippen molar-refractivity contribution in [1.82, 2.24) is 0 Å². The van der Waals surface area contributed by atoms with Crippen LogP contribution in [0.3, 0.4) is 0 Å². The molecule has 2 amide bonds. The highest BCUT2D eigenvalue weighted by Gasteiger charge is 2.44. The normalized spacial score (nSPS) is 21.9. The SMILES string of the molecule is O=C1CC2(CCCCC2)CC(=O)N1c1ccc(CO)cc1. The van der Waals surface area contributed by atoms with Gasteiger partial charge in [0.2, 0.25) is 11.8 Å². The summed E-state index contributed by atoms with van der Waals surface area (Å²) in [5, 5.41) is 9.06. The molecular weight excluding hydrogens is 266 g/mol. The zero-order valence-electron chi connectivity index (χ0n) is 12.2. The highest BCUT2D eigenvalue weighted by atomic mass is 16.3. The predicted octanol–water partition coefficient (Wildman–Crippen LogP) is 2.78.